The van der Waals surface area contributed by atoms with Gasteiger partial charge in [0.05, 0.1) is 5.56 Å². The van der Waals surface area contributed by atoms with Crippen molar-refractivity contribution in [3.8, 4) is 0 Å². The maximum Gasteiger partial charge on any atom is 0.416 e. The van der Waals surface area contributed by atoms with Gasteiger partial charge in [0.1, 0.15) is 5.82 Å². The third-order valence-corrected chi connectivity index (χ3v) is 4.13. The molecule has 0 unspecified atom stereocenters. The molecule has 1 saturated carbocycles. The molecule has 1 aromatic rings. The quantitative estimate of drug-likeness (QED) is 0.842. The second kappa shape index (κ2) is 5.78. The van der Waals surface area contributed by atoms with E-state index in [-0.39, 0.29) is 11.8 Å². The number of halogens is 3. The van der Waals surface area contributed by atoms with Crippen LogP contribution in [-0.4, -0.2) is 42.0 Å². The first-order valence-corrected chi connectivity index (χ1v) is 7.52. The molecule has 0 N–H and O–H groups in total. The molecule has 1 amide bonds. The van der Waals surface area contributed by atoms with Crippen molar-refractivity contribution in [1.29, 1.82) is 0 Å². The summed E-state index contributed by atoms with van der Waals surface area (Å²) in [5.74, 6) is 0.702. The van der Waals surface area contributed by atoms with Crippen molar-refractivity contribution < 1.29 is 18.0 Å². The van der Waals surface area contributed by atoms with Crippen LogP contribution in [0, 0.1) is 5.92 Å². The largest absolute Gasteiger partial charge is 0.416 e. The SMILES string of the molecule is O=C(C1CC1)N1CCCN(c2cc(C(F)(F)F)ccn2)CC1. The molecule has 3 rings (SSSR count). The highest BCUT2D eigenvalue weighted by molar-refractivity contribution is 5.81. The third kappa shape index (κ3) is 3.34. The molecule has 2 fully saturated rings. The average molecular weight is 313 g/mol. The van der Waals surface area contributed by atoms with E-state index in [4.69, 9.17) is 0 Å². The van der Waals surface area contributed by atoms with Gasteiger partial charge < -0.3 is 9.80 Å². The Morgan fingerprint density at radius 1 is 1.18 bits per heavy atom. The number of hydrogen-bond acceptors (Lipinski definition) is 3. The van der Waals surface area contributed by atoms with Gasteiger partial charge in [-0.2, -0.15) is 13.2 Å². The molecule has 2 aliphatic rings. The normalized spacial score (nSPS) is 20.0. The number of rotatable bonds is 2. The van der Waals surface area contributed by atoms with E-state index < -0.39 is 11.7 Å². The predicted molar refractivity (Wildman–Crippen MR) is 75.4 cm³/mol. The number of anilines is 1. The van der Waals surface area contributed by atoms with Crippen LogP contribution in [0.4, 0.5) is 19.0 Å². The van der Waals surface area contributed by atoms with Gasteiger partial charge in [-0.15, -0.1) is 0 Å². The zero-order chi connectivity index (χ0) is 15.7. The Hall–Kier alpha value is -1.79. The van der Waals surface area contributed by atoms with E-state index in [0.29, 0.717) is 32.0 Å². The molecule has 4 nitrogen and oxygen atoms in total. The first-order chi connectivity index (χ1) is 10.4. The third-order valence-electron chi connectivity index (χ3n) is 4.13. The maximum absolute atomic E-state index is 12.8. The Morgan fingerprint density at radius 2 is 1.95 bits per heavy atom. The Balaban J connectivity index is 1.69. The number of amides is 1. The molecule has 1 aliphatic carbocycles. The van der Waals surface area contributed by atoms with E-state index in [9.17, 15) is 18.0 Å². The average Bonchev–Trinajstić information content (AvgIpc) is 3.32. The van der Waals surface area contributed by atoms with Crippen LogP contribution in [0.2, 0.25) is 0 Å². The molecule has 0 atom stereocenters. The number of pyridine rings is 1. The number of carbonyl (C=O) groups excluding carboxylic acids is 1. The molecule has 0 radical (unpaired) electrons. The van der Waals surface area contributed by atoms with Gasteiger partial charge in [-0.3, -0.25) is 4.79 Å². The van der Waals surface area contributed by atoms with Gasteiger partial charge in [-0.05, 0) is 31.4 Å². The highest BCUT2D eigenvalue weighted by Gasteiger charge is 2.34. The van der Waals surface area contributed by atoms with E-state index in [1.165, 1.54) is 6.20 Å². The summed E-state index contributed by atoms with van der Waals surface area (Å²) in [4.78, 5) is 19.8. The van der Waals surface area contributed by atoms with Crippen LogP contribution in [0.5, 0.6) is 0 Å². The molecule has 0 aromatic carbocycles. The summed E-state index contributed by atoms with van der Waals surface area (Å²) in [7, 11) is 0. The van der Waals surface area contributed by atoms with Crippen LogP contribution in [0.25, 0.3) is 0 Å². The second-order valence-corrected chi connectivity index (χ2v) is 5.84. The molecule has 0 spiro atoms. The number of hydrogen-bond donors (Lipinski definition) is 0. The minimum atomic E-state index is -4.36. The van der Waals surface area contributed by atoms with Crippen LogP contribution in [0.15, 0.2) is 18.3 Å². The second-order valence-electron chi connectivity index (χ2n) is 5.84. The highest BCUT2D eigenvalue weighted by Crippen LogP contribution is 2.32. The molecule has 0 bridgehead atoms. The van der Waals surface area contributed by atoms with Crippen LogP contribution in [-0.2, 0) is 11.0 Å². The van der Waals surface area contributed by atoms with E-state index in [1.807, 2.05) is 9.80 Å². The smallest absolute Gasteiger partial charge is 0.355 e. The van der Waals surface area contributed by atoms with Crippen LogP contribution in [0.3, 0.4) is 0 Å². The molecule has 2 heterocycles. The van der Waals surface area contributed by atoms with Crippen molar-refractivity contribution in [3.05, 3.63) is 23.9 Å². The molecule has 7 heteroatoms. The summed E-state index contributed by atoms with van der Waals surface area (Å²) >= 11 is 0. The monoisotopic (exact) mass is 313 g/mol. The zero-order valence-corrected chi connectivity index (χ0v) is 12.1. The van der Waals surface area contributed by atoms with Crippen LogP contribution < -0.4 is 4.90 Å². The Kier molecular flexibility index (Phi) is 3.97. The highest BCUT2D eigenvalue weighted by atomic mass is 19.4. The number of aromatic nitrogens is 1. The summed E-state index contributed by atoms with van der Waals surface area (Å²) in [6, 6.07) is 2.06. The van der Waals surface area contributed by atoms with E-state index in [1.54, 1.807) is 0 Å². The molecule has 120 valence electrons. The number of nitrogens with zero attached hydrogens (tertiary/aromatic N) is 3. The lowest BCUT2D eigenvalue weighted by Crippen LogP contribution is -2.36. The Labute approximate surface area is 126 Å². The first kappa shape index (κ1) is 15.1. The van der Waals surface area contributed by atoms with Gasteiger partial charge in [0.15, 0.2) is 0 Å². The van der Waals surface area contributed by atoms with Crippen molar-refractivity contribution >= 4 is 11.7 Å². The molecule has 1 aromatic heterocycles. The van der Waals surface area contributed by atoms with Gasteiger partial charge in [-0.1, -0.05) is 0 Å². The van der Waals surface area contributed by atoms with Crippen molar-refractivity contribution in [2.45, 2.75) is 25.4 Å². The summed E-state index contributed by atoms with van der Waals surface area (Å²) in [5.41, 5.74) is -0.687. The fourth-order valence-electron chi connectivity index (χ4n) is 2.72. The fraction of sp³-hybridized carbons (Fsp3) is 0.600. The van der Waals surface area contributed by atoms with Gasteiger partial charge in [0.25, 0.3) is 0 Å². The standard InChI is InChI=1S/C15H18F3N3O/c16-15(17,18)12-4-5-19-13(10-12)20-6-1-7-21(9-8-20)14(22)11-2-3-11/h4-5,10-11H,1-3,6-9H2. The minimum Gasteiger partial charge on any atom is -0.355 e. The van der Waals surface area contributed by atoms with Gasteiger partial charge >= 0.3 is 6.18 Å². The number of alkyl halides is 3. The van der Waals surface area contributed by atoms with Crippen molar-refractivity contribution in [1.82, 2.24) is 9.88 Å². The lowest BCUT2D eigenvalue weighted by molar-refractivity contribution is -0.137. The predicted octanol–water partition coefficient (Wildman–Crippen LogP) is 2.55. The maximum atomic E-state index is 12.8. The molecule has 1 saturated heterocycles. The first-order valence-electron chi connectivity index (χ1n) is 7.52. The van der Waals surface area contributed by atoms with Crippen LogP contribution in [0.1, 0.15) is 24.8 Å². The van der Waals surface area contributed by atoms with Crippen LogP contribution >= 0.6 is 0 Å². The summed E-state index contributed by atoms with van der Waals surface area (Å²) in [6.07, 6.45) is -0.494. The van der Waals surface area contributed by atoms with Crippen molar-refractivity contribution in [3.63, 3.8) is 0 Å². The van der Waals surface area contributed by atoms with Gasteiger partial charge in [0.2, 0.25) is 5.91 Å². The summed E-state index contributed by atoms with van der Waals surface area (Å²) in [5, 5.41) is 0. The van der Waals surface area contributed by atoms with Gasteiger partial charge in [-0.25, -0.2) is 4.98 Å². The minimum absolute atomic E-state index is 0.179. The van der Waals surface area contributed by atoms with E-state index in [0.717, 1.165) is 31.4 Å². The van der Waals surface area contributed by atoms with E-state index in [2.05, 4.69) is 4.98 Å². The van der Waals surface area contributed by atoms with Gasteiger partial charge in [0, 0.05) is 38.3 Å². The lowest BCUT2D eigenvalue weighted by Gasteiger charge is -2.23. The van der Waals surface area contributed by atoms with E-state index >= 15 is 0 Å². The number of carbonyl (C=O) groups is 1. The zero-order valence-electron chi connectivity index (χ0n) is 12.1. The fourth-order valence-corrected chi connectivity index (χ4v) is 2.72. The summed E-state index contributed by atoms with van der Waals surface area (Å²) < 4.78 is 38.3. The molecular formula is C15H18F3N3O. The Bertz CT molecular complexity index is 557. The van der Waals surface area contributed by atoms with Crippen molar-refractivity contribution in [2.24, 2.45) is 5.92 Å². The molecular weight excluding hydrogens is 295 g/mol. The van der Waals surface area contributed by atoms with Crippen molar-refractivity contribution in [2.75, 3.05) is 31.1 Å². The molecule has 1 aliphatic heterocycles. The lowest BCUT2D eigenvalue weighted by atomic mass is 10.2. The molecule has 22 heavy (non-hydrogen) atoms. The Morgan fingerprint density at radius 3 is 2.64 bits per heavy atom. The topological polar surface area (TPSA) is 36.4 Å². The summed E-state index contributed by atoms with van der Waals surface area (Å²) in [6.45, 7) is 2.35.